The van der Waals surface area contributed by atoms with Crippen molar-refractivity contribution in [2.75, 3.05) is 20.2 Å². The second kappa shape index (κ2) is 6.83. The third-order valence-electron chi connectivity index (χ3n) is 5.04. The molecule has 118 valence electrons. The number of piperidine rings is 1. The highest BCUT2D eigenvalue weighted by Crippen LogP contribution is 2.34. The first-order valence-corrected chi connectivity index (χ1v) is 8.27. The second-order valence-corrected chi connectivity index (χ2v) is 7.58. The van der Waals surface area contributed by atoms with Crippen LogP contribution in [-0.2, 0) is 6.42 Å². The standard InChI is InChI=1S/C19H31NO/c1-15(13-16-7-6-8-18(14-16)21-5)20-11-9-17(10-12-20)19(2,3)4/h6-8,14-15,17H,9-13H2,1-5H3. The van der Waals surface area contributed by atoms with Gasteiger partial charge in [0.25, 0.3) is 0 Å². The number of ether oxygens (including phenoxy) is 1. The van der Waals surface area contributed by atoms with Crippen LogP contribution in [0.25, 0.3) is 0 Å². The molecule has 1 atom stereocenters. The van der Waals surface area contributed by atoms with Crippen LogP contribution in [-0.4, -0.2) is 31.1 Å². The third-order valence-corrected chi connectivity index (χ3v) is 5.04. The zero-order valence-corrected chi connectivity index (χ0v) is 14.4. The Bertz CT molecular complexity index is 441. The summed E-state index contributed by atoms with van der Waals surface area (Å²) in [6.07, 6.45) is 3.79. The molecular weight excluding hydrogens is 258 g/mol. The van der Waals surface area contributed by atoms with E-state index in [0.717, 1.165) is 18.1 Å². The Morgan fingerprint density at radius 1 is 1.24 bits per heavy atom. The molecule has 1 aliphatic heterocycles. The van der Waals surface area contributed by atoms with Crippen LogP contribution in [0.1, 0.15) is 46.1 Å². The number of hydrogen-bond donors (Lipinski definition) is 0. The van der Waals surface area contributed by atoms with Crippen LogP contribution in [0.3, 0.4) is 0 Å². The first-order chi connectivity index (χ1) is 9.90. The minimum atomic E-state index is 0.460. The van der Waals surface area contributed by atoms with E-state index in [1.54, 1.807) is 7.11 Å². The summed E-state index contributed by atoms with van der Waals surface area (Å²) in [5.41, 5.74) is 1.84. The minimum absolute atomic E-state index is 0.460. The average Bonchev–Trinajstić information content (AvgIpc) is 2.46. The Hall–Kier alpha value is -1.02. The predicted octanol–water partition coefficient (Wildman–Crippen LogP) is 4.38. The average molecular weight is 289 g/mol. The molecule has 2 nitrogen and oxygen atoms in total. The SMILES string of the molecule is COc1cccc(CC(C)N2CCC(C(C)(C)C)CC2)c1. The smallest absolute Gasteiger partial charge is 0.119 e. The lowest BCUT2D eigenvalue weighted by atomic mass is 9.75. The summed E-state index contributed by atoms with van der Waals surface area (Å²) in [5, 5.41) is 0. The number of likely N-dealkylation sites (tertiary alicyclic amines) is 1. The maximum Gasteiger partial charge on any atom is 0.119 e. The molecule has 0 aliphatic carbocycles. The molecule has 1 aromatic carbocycles. The van der Waals surface area contributed by atoms with Crippen LogP contribution >= 0.6 is 0 Å². The van der Waals surface area contributed by atoms with Gasteiger partial charge in [0.1, 0.15) is 5.75 Å². The predicted molar refractivity (Wildman–Crippen MR) is 89.9 cm³/mol. The molecule has 1 heterocycles. The van der Waals surface area contributed by atoms with Crippen LogP contribution in [0.5, 0.6) is 5.75 Å². The molecule has 2 rings (SSSR count). The molecule has 0 N–H and O–H groups in total. The topological polar surface area (TPSA) is 12.5 Å². The molecule has 0 saturated carbocycles. The summed E-state index contributed by atoms with van der Waals surface area (Å²) < 4.78 is 5.32. The van der Waals surface area contributed by atoms with E-state index in [9.17, 15) is 0 Å². The summed E-state index contributed by atoms with van der Waals surface area (Å²) >= 11 is 0. The van der Waals surface area contributed by atoms with E-state index >= 15 is 0 Å². The lowest BCUT2D eigenvalue weighted by molar-refractivity contribution is 0.0878. The molecule has 2 heteroatoms. The van der Waals surface area contributed by atoms with Gasteiger partial charge in [0.05, 0.1) is 7.11 Å². The van der Waals surface area contributed by atoms with Crippen molar-refractivity contribution in [3.8, 4) is 5.75 Å². The van der Waals surface area contributed by atoms with Gasteiger partial charge in [-0.05, 0) is 68.3 Å². The Kier molecular flexibility index (Phi) is 5.32. The Labute approximate surface area is 130 Å². The van der Waals surface area contributed by atoms with Crippen LogP contribution < -0.4 is 4.74 Å². The van der Waals surface area contributed by atoms with Crippen molar-refractivity contribution in [1.29, 1.82) is 0 Å². The molecule has 21 heavy (non-hydrogen) atoms. The van der Waals surface area contributed by atoms with E-state index in [4.69, 9.17) is 4.74 Å². The van der Waals surface area contributed by atoms with Crippen LogP contribution in [0, 0.1) is 11.3 Å². The highest BCUT2D eigenvalue weighted by molar-refractivity contribution is 5.28. The fraction of sp³-hybridized carbons (Fsp3) is 0.684. The largest absolute Gasteiger partial charge is 0.497 e. The van der Waals surface area contributed by atoms with Crippen molar-refractivity contribution in [2.24, 2.45) is 11.3 Å². The fourth-order valence-electron chi connectivity index (χ4n) is 3.48. The van der Waals surface area contributed by atoms with E-state index < -0.39 is 0 Å². The molecular formula is C19H31NO. The van der Waals surface area contributed by atoms with Crippen molar-refractivity contribution >= 4 is 0 Å². The first kappa shape index (κ1) is 16.4. The quantitative estimate of drug-likeness (QED) is 0.815. The summed E-state index contributed by atoms with van der Waals surface area (Å²) in [5.74, 6) is 1.84. The van der Waals surface area contributed by atoms with E-state index in [0.29, 0.717) is 11.5 Å². The molecule has 0 bridgehead atoms. The number of nitrogens with zero attached hydrogens (tertiary/aromatic N) is 1. The highest BCUT2D eigenvalue weighted by Gasteiger charge is 2.30. The van der Waals surface area contributed by atoms with Crippen LogP contribution in [0.15, 0.2) is 24.3 Å². The fourth-order valence-corrected chi connectivity index (χ4v) is 3.48. The minimum Gasteiger partial charge on any atom is -0.497 e. The van der Waals surface area contributed by atoms with Crippen molar-refractivity contribution in [3.63, 3.8) is 0 Å². The maximum absolute atomic E-state index is 5.32. The zero-order chi connectivity index (χ0) is 15.5. The Morgan fingerprint density at radius 3 is 2.48 bits per heavy atom. The van der Waals surface area contributed by atoms with Gasteiger partial charge in [0.15, 0.2) is 0 Å². The Morgan fingerprint density at radius 2 is 1.90 bits per heavy atom. The molecule has 1 unspecified atom stereocenters. The van der Waals surface area contributed by atoms with Gasteiger partial charge >= 0.3 is 0 Å². The maximum atomic E-state index is 5.32. The van der Waals surface area contributed by atoms with Gasteiger partial charge in [-0.15, -0.1) is 0 Å². The number of rotatable bonds is 4. The van der Waals surface area contributed by atoms with E-state index in [-0.39, 0.29) is 0 Å². The molecule has 1 saturated heterocycles. The molecule has 1 aromatic rings. The number of hydrogen-bond acceptors (Lipinski definition) is 2. The normalized spacial score (nSPS) is 19.5. The van der Waals surface area contributed by atoms with E-state index in [1.165, 1.54) is 31.5 Å². The molecule has 0 amide bonds. The molecule has 0 aromatic heterocycles. The molecule has 1 fully saturated rings. The summed E-state index contributed by atoms with van der Waals surface area (Å²) in [6, 6.07) is 9.09. The molecule has 1 aliphatic rings. The van der Waals surface area contributed by atoms with Crippen molar-refractivity contribution in [3.05, 3.63) is 29.8 Å². The first-order valence-electron chi connectivity index (χ1n) is 8.27. The second-order valence-electron chi connectivity index (χ2n) is 7.58. The number of benzene rings is 1. The van der Waals surface area contributed by atoms with Gasteiger partial charge in [-0.1, -0.05) is 32.9 Å². The molecule has 0 spiro atoms. The Balaban J connectivity index is 1.88. The van der Waals surface area contributed by atoms with Gasteiger partial charge < -0.3 is 9.64 Å². The van der Waals surface area contributed by atoms with Gasteiger partial charge in [-0.25, -0.2) is 0 Å². The lowest BCUT2D eigenvalue weighted by Gasteiger charge is -2.41. The lowest BCUT2D eigenvalue weighted by Crippen LogP contribution is -2.43. The summed E-state index contributed by atoms with van der Waals surface area (Å²) in [7, 11) is 1.74. The van der Waals surface area contributed by atoms with Crippen LogP contribution in [0.2, 0.25) is 0 Å². The third kappa shape index (κ3) is 4.47. The monoisotopic (exact) mass is 289 g/mol. The highest BCUT2D eigenvalue weighted by atomic mass is 16.5. The number of methoxy groups -OCH3 is 1. The van der Waals surface area contributed by atoms with E-state index in [2.05, 4.69) is 50.8 Å². The van der Waals surface area contributed by atoms with Gasteiger partial charge in [0.2, 0.25) is 0 Å². The van der Waals surface area contributed by atoms with E-state index in [1.807, 2.05) is 6.07 Å². The zero-order valence-electron chi connectivity index (χ0n) is 14.4. The van der Waals surface area contributed by atoms with Crippen molar-refractivity contribution in [1.82, 2.24) is 4.90 Å². The van der Waals surface area contributed by atoms with Crippen molar-refractivity contribution < 1.29 is 4.74 Å². The molecule has 0 radical (unpaired) electrons. The summed E-state index contributed by atoms with van der Waals surface area (Å²) in [4.78, 5) is 2.65. The van der Waals surface area contributed by atoms with Gasteiger partial charge in [-0.3, -0.25) is 0 Å². The van der Waals surface area contributed by atoms with Gasteiger partial charge in [-0.2, -0.15) is 0 Å². The summed E-state index contributed by atoms with van der Waals surface area (Å²) in [6.45, 7) is 12.0. The van der Waals surface area contributed by atoms with Gasteiger partial charge in [0, 0.05) is 6.04 Å². The van der Waals surface area contributed by atoms with Crippen molar-refractivity contribution in [2.45, 2.75) is 53.0 Å². The van der Waals surface area contributed by atoms with Crippen LogP contribution in [0.4, 0.5) is 0 Å².